The lowest BCUT2D eigenvalue weighted by molar-refractivity contribution is -0.144. The van der Waals surface area contributed by atoms with E-state index in [0.29, 0.717) is 17.7 Å². The zero-order chi connectivity index (χ0) is 26.2. The van der Waals surface area contributed by atoms with Crippen molar-refractivity contribution in [2.45, 2.75) is 97.4 Å². The molecule has 3 amide bonds. The summed E-state index contributed by atoms with van der Waals surface area (Å²) in [5.74, 6) is 1.87. The second kappa shape index (κ2) is 12.6. The number of nitrogens with zero attached hydrogens (tertiary/aromatic N) is 1. The van der Waals surface area contributed by atoms with Gasteiger partial charge in [0.05, 0.1) is 0 Å². The van der Waals surface area contributed by atoms with Gasteiger partial charge in [-0.1, -0.05) is 51.7 Å². The molecule has 192 valence electrons. The molecule has 1 saturated carbocycles. The number of amides is 3. The first-order valence-electron chi connectivity index (χ1n) is 12.6. The molecule has 0 aromatic heterocycles. The number of benzene rings is 1. The van der Waals surface area contributed by atoms with Crippen LogP contribution in [0.1, 0.15) is 90.8 Å². The fraction of sp³-hybridized carbons (Fsp3) is 0.607. The Morgan fingerprint density at radius 3 is 2.26 bits per heavy atom. The van der Waals surface area contributed by atoms with Gasteiger partial charge in [-0.3, -0.25) is 9.59 Å². The lowest BCUT2D eigenvalue weighted by atomic mass is 9.98. The van der Waals surface area contributed by atoms with Crippen LogP contribution in [0.5, 0.6) is 0 Å². The Morgan fingerprint density at radius 2 is 1.77 bits per heavy atom. The second-order valence-corrected chi connectivity index (χ2v) is 10.5. The van der Waals surface area contributed by atoms with Crippen molar-refractivity contribution in [3.63, 3.8) is 0 Å². The first-order valence-corrected chi connectivity index (χ1v) is 12.6. The van der Waals surface area contributed by atoms with Crippen molar-refractivity contribution in [3.8, 4) is 12.3 Å². The van der Waals surface area contributed by atoms with Gasteiger partial charge in [-0.2, -0.15) is 0 Å². The second-order valence-electron chi connectivity index (χ2n) is 10.5. The van der Waals surface area contributed by atoms with Crippen molar-refractivity contribution in [1.29, 1.82) is 0 Å². The normalized spacial score (nSPS) is 15.0. The van der Waals surface area contributed by atoms with E-state index in [9.17, 15) is 14.4 Å². The fourth-order valence-electron chi connectivity index (χ4n) is 3.86. The molecule has 0 heterocycles. The molecule has 35 heavy (non-hydrogen) atoms. The van der Waals surface area contributed by atoms with Crippen LogP contribution in [-0.2, 0) is 14.3 Å². The maximum Gasteiger partial charge on any atom is 0.408 e. The van der Waals surface area contributed by atoms with Crippen molar-refractivity contribution in [2.75, 3.05) is 6.54 Å². The summed E-state index contributed by atoms with van der Waals surface area (Å²) in [5, 5.41) is 5.77. The highest BCUT2D eigenvalue weighted by molar-refractivity contribution is 5.92. The summed E-state index contributed by atoms with van der Waals surface area (Å²) in [7, 11) is 0. The maximum atomic E-state index is 13.9. The van der Waals surface area contributed by atoms with E-state index in [1.807, 2.05) is 13.8 Å². The number of alkyl carbamates (subject to hydrolysis) is 1. The molecule has 1 aromatic carbocycles. The van der Waals surface area contributed by atoms with Gasteiger partial charge in [0, 0.05) is 18.2 Å². The van der Waals surface area contributed by atoms with E-state index >= 15 is 0 Å². The van der Waals surface area contributed by atoms with Crippen molar-refractivity contribution >= 4 is 17.9 Å². The Bertz CT molecular complexity index is 908. The quantitative estimate of drug-likeness (QED) is 0.357. The number of terminal acetylenes is 1. The molecule has 7 heteroatoms. The monoisotopic (exact) mass is 483 g/mol. The molecule has 7 nitrogen and oxygen atoms in total. The molecule has 0 bridgehead atoms. The van der Waals surface area contributed by atoms with Gasteiger partial charge < -0.3 is 20.3 Å². The predicted molar refractivity (Wildman–Crippen MR) is 138 cm³/mol. The highest BCUT2D eigenvalue weighted by Gasteiger charge is 2.44. The Morgan fingerprint density at radius 1 is 1.14 bits per heavy atom. The Balaban J connectivity index is 2.38. The zero-order valence-electron chi connectivity index (χ0n) is 22.0. The Hall–Kier alpha value is -3.01. The van der Waals surface area contributed by atoms with E-state index in [0.717, 1.165) is 32.1 Å². The van der Waals surface area contributed by atoms with Gasteiger partial charge in [0.2, 0.25) is 11.8 Å². The molecule has 1 aliphatic rings. The minimum Gasteiger partial charge on any atom is -0.444 e. The third-order valence-corrected chi connectivity index (χ3v) is 5.80. The minimum absolute atomic E-state index is 0.0668. The number of rotatable bonds is 11. The van der Waals surface area contributed by atoms with Gasteiger partial charge in [-0.15, -0.1) is 6.42 Å². The predicted octanol–water partition coefficient (Wildman–Crippen LogP) is 4.56. The van der Waals surface area contributed by atoms with E-state index < -0.39 is 23.8 Å². The molecule has 0 radical (unpaired) electrons. The summed E-state index contributed by atoms with van der Waals surface area (Å²) in [6, 6.07) is 5.46. The molecular formula is C28H41N3O4. The number of nitrogens with one attached hydrogen (secondary N) is 2. The highest BCUT2D eigenvalue weighted by atomic mass is 16.6. The molecule has 2 atom stereocenters. The number of hydrogen-bond acceptors (Lipinski definition) is 4. The molecule has 0 aliphatic heterocycles. The first-order chi connectivity index (χ1) is 16.5. The van der Waals surface area contributed by atoms with Crippen LogP contribution in [0.3, 0.4) is 0 Å². The van der Waals surface area contributed by atoms with Crippen LogP contribution in [0.15, 0.2) is 24.3 Å². The van der Waals surface area contributed by atoms with Crippen LogP contribution in [0.2, 0.25) is 0 Å². The van der Waals surface area contributed by atoms with Gasteiger partial charge in [-0.25, -0.2) is 4.79 Å². The van der Waals surface area contributed by atoms with E-state index in [1.54, 1.807) is 49.9 Å². The standard InChI is InChI=1S/C28H41N3O4/c1-8-10-11-18-29-25(32)24(21-14-12-20(9-2)13-15-21)31(22-16-17-22)26(33)23(19(3)4)30-27(34)35-28(5,6)7/h2,12-15,19,22-24H,8,10-11,16-18H2,1,3-7H3,(H,29,32)(H,30,34). The van der Waals surface area contributed by atoms with Gasteiger partial charge in [0.15, 0.2) is 0 Å². The Labute approximate surface area is 210 Å². The third kappa shape index (κ3) is 8.61. The maximum absolute atomic E-state index is 13.9. The van der Waals surface area contributed by atoms with Gasteiger partial charge >= 0.3 is 6.09 Å². The number of ether oxygens (including phenoxy) is 1. The van der Waals surface area contributed by atoms with E-state index in [-0.39, 0.29) is 23.8 Å². The van der Waals surface area contributed by atoms with Crippen LogP contribution in [0.25, 0.3) is 0 Å². The molecule has 2 unspecified atom stereocenters. The summed E-state index contributed by atoms with van der Waals surface area (Å²) in [6.45, 7) is 11.7. The molecule has 2 rings (SSSR count). The van der Waals surface area contributed by atoms with Crippen LogP contribution in [0, 0.1) is 18.3 Å². The van der Waals surface area contributed by atoms with E-state index in [1.165, 1.54) is 0 Å². The van der Waals surface area contributed by atoms with Crippen molar-refractivity contribution in [1.82, 2.24) is 15.5 Å². The van der Waals surface area contributed by atoms with Crippen LogP contribution >= 0.6 is 0 Å². The lowest BCUT2D eigenvalue weighted by Gasteiger charge is -2.35. The summed E-state index contributed by atoms with van der Waals surface area (Å²) >= 11 is 0. The number of carbonyl (C=O) groups excluding carboxylic acids is 3. The number of carbonyl (C=O) groups is 3. The smallest absolute Gasteiger partial charge is 0.408 e. The van der Waals surface area contributed by atoms with Crippen LogP contribution in [-0.4, -0.2) is 47.0 Å². The number of unbranched alkanes of at least 4 members (excludes halogenated alkanes) is 2. The minimum atomic E-state index is -0.828. The summed E-state index contributed by atoms with van der Waals surface area (Å²) < 4.78 is 5.40. The molecule has 0 spiro atoms. The van der Waals surface area contributed by atoms with Crippen molar-refractivity contribution < 1.29 is 19.1 Å². The van der Waals surface area contributed by atoms with Crippen molar-refractivity contribution in [3.05, 3.63) is 35.4 Å². The first kappa shape index (κ1) is 28.2. The highest BCUT2D eigenvalue weighted by Crippen LogP contribution is 2.36. The van der Waals surface area contributed by atoms with Gasteiger partial charge in [0.1, 0.15) is 17.7 Å². The lowest BCUT2D eigenvalue weighted by Crippen LogP contribution is -2.55. The van der Waals surface area contributed by atoms with Crippen LogP contribution in [0.4, 0.5) is 4.79 Å². The van der Waals surface area contributed by atoms with Gasteiger partial charge in [0.25, 0.3) is 0 Å². The average Bonchev–Trinajstić information content (AvgIpc) is 3.62. The third-order valence-electron chi connectivity index (χ3n) is 5.80. The molecule has 1 aliphatic carbocycles. The summed E-state index contributed by atoms with van der Waals surface area (Å²) in [5.41, 5.74) is 0.702. The topological polar surface area (TPSA) is 87.7 Å². The molecule has 1 aromatic rings. The average molecular weight is 484 g/mol. The largest absolute Gasteiger partial charge is 0.444 e. The fourth-order valence-corrected chi connectivity index (χ4v) is 3.86. The molecule has 2 N–H and O–H groups in total. The van der Waals surface area contributed by atoms with Crippen molar-refractivity contribution in [2.24, 2.45) is 5.92 Å². The van der Waals surface area contributed by atoms with Crippen LogP contribution < -0.4 is 10.6 Å². The summed E-state index contributed by atoms with van der Waals surface area (Å²) in [6.07, 6.45) is 9.42. The number of hydrogen-bond donors (Lipinski definition) is 2. The van der Waals surface area contributed by atoms with E-state index in [4.69, 9.17) is 11.2 Å². The van der Waals surface area contributed by atoms with E-state index in [2.05, 4.69) is 23.5 Å². The summed E-state index contributed by atoms with van der Waals surface area (Å²) in [4.78, 5) is 41.6. The molecule has 1 fully saturated rings. The Kier molecular flexibility index (Phi) is 10.2. The molecule has 0 saturated heterocycles. The zero-order valence-corrected chi connectivity index (χ0v) is 22.0. The van der Waals surface area contributed by atoms with Gasteiger partial charge in [-0.05, 0) is 63.6 Å². The SMILES string of the molecule is C#Cc1ccc(C(C(=O)NCCCCC)N(C(=O)C(NC(=O)OC(C)(C)C)C(C)C)C2CC2)cc1. The molecular weight excluding hydrogens is 442 g/mol.